The second kappa shape index (κ2) is 10.8. The quantitative estimate of drug-likeness (QED) is 0.481. The van der Waals surface area contributed by atoms with Gasteiger partial charge in [0.1, 0.15) is 0 Å². The first kappa shape index (κ1) is 24.8. The molecule has 1 aliphatic rings. The average Bonchev–Trinajstić information content (AvgIpc) is 2.54. The maximum atomic E-state index is 13.9. The number of hydrogen-bond donors (Lipinski definition) is 2. The Bertz CT molecular complexity index is 717. The van der Waals surface area contributed by atoms with Crippen molar-refractivity contribution in [3.05, 3.63) is 28.1 Å². The number of nitrogens with one attached hydrogen (secondary N) is 2. The number of piperazine rings is 1. The highest BCUT2D eigenvalue weighted by Gasteiger charge is 2.26. The van der Waals surface area contributed by atoms with Gasteiger partial charge in [0.15, 0.2) is 5.82 Å². The molecule has 0 spiro atoms. The summed E-state index contributed by atoms with van der Waals surface area (Å²) in [7, 11) is -2.98. The van der Waals surface area contributed by atoms with Crippen LogP contribution >= 0.6 is 24.8 Å². The SMILES string of the molecule is COc1c(F)cc(S(=O)(=O)NCCN2CCNCC2)cc1[N+](=O)[O-].Cl.Cl. The van der Waals surface area contributed by atoms with Crippen LogP contribution in [0, 0.1) is 15.9 Å². The molecule has 0 unspecified atom stereocenters. The number of benzene rings is 1. The number of halogens is 3. The molecule has 0 radical (unpaired) electrons. The Kier molecular flexibility index (Phi) is 10.3. The molecule has 9 nitrogen and oxygen atoms in total. The predicted molar refractivity (Wildman–Crippen MR) is 98.6 cm³/mol. The summed E-state index contributed by atoms with van der Waals surface area (Å²) in [6.45, 7) is 3.92. The number of sulfonamides is 1. The van der Waals surface area contributed by atoms with Gasteiger partial charge >= 0.3 is 5.69 Å². The zero-order valence-corrected chi connectivity index (χ0v) is 16.4. The van der Waals surface area contributed by atoms with Gasteiger partial charge in [0.2, 0.25) is 15.8 Å². The Balaban J connectivity index is 0.00000312. The lowest BCUT2D eigenvalue weighted by Gasteiger charge is -2.27. The Morgan fingerprint density at radius 3 is 2.50 bits per heavy atom. The molecular formula is C13H21Cl2FN4O5S. The molecule has 0 amide bonds. The van der Waals surface area contributed by atoms with Crippen LogP contribution in [-0.4, -0.2) is 64.6 Å². The molecule has 1 saturated heterocycles. The van der Waals surface area contributed by atoms with Crippen molar-refractivity contribution in [2.24, 2.45) is 0 Å². The summed E-state index contributed by atoms with van der Waals surface area (Å²) in [5, 5.41) is 14.1. The van der Waals surface area contributed by atoms with E-state index >= 15 is 0 Å². The van der Waals surface area contributed by atoms with Crippen molar-refractivity contribution in [2.45, 2.75) is 4.90 Å². The molecule has 0 atom stereocenters. The number of ether oxygens (including phenoxy) is 1. The lowest BCUT2D eigenvalue weighted by atomic mass is 10.3. The van der Waals surface area contributed by atoms with Crippen LogP contribution in [0.15, 0.2) is 17.0 Å². The summed E-state index contributed by atoms with van der Waals surface area (Å²) in [4.78, 5) is 11.6. The number of methoxy groups -OCH3 is 1. The fourth-order valence-corrected chi connectivity index (χ4v) is 3.46. The van der Waals surface area contributed by atoms with Gasteiger partial charge in [-0.05, 0) is 6.07 Å². The zero-order chi connectivity index (χ0) is 17.7. The smallest absolute Gasteiger partial charge is 0.315 e. The molecule has 0 saturated carbocycles. The number of hydrogen-bond acceptors (Lipinski definition) is 7. The standard InChI is InChI=1S/C13H19FN4O5S.2ClH/c1-23-13-11(14)8-10(9-12(13)18(19)20)24(21,22)16-4-7-17-5-2-15-3-6-17;;/h8-9,15-16H,2-7H2,1H3;2*1H. The highest BCUT2D eigenvalue weighted by molar-refractivity contribution is 7.89. The van der Waals surface area contributed by atoms with E-state index in [2.05, 4.69) is 19.7 Å². The van der Waals surface area contributed by atoms with Gasteiger partial charge in [-0.15, -0.1) is 24.8 Å². The van der Waals surface area contributed by atoms with Crippen LogP contribution in [0.25, 0.3) is 0 Å². The predicted octanol–water partition coefficient (Wildman–Crippen LogP) is 0.770. The van der Waals surface area contributed by atoms with Crippen molar-refractivity contribution in [2.75, 3.05) is 46.4 Å². The Morgan fingerprint density at radius 2 is 1.96 bits per heavy atom. The van der Waals surface area contributed by atoms with Crippen LogP contribution in [-0.2, 0) is 10.0 Å². The third-order valence-electron chi connectivity index (χ3n) is 3.64. The number of nitrogens with zero attached hydrogens (tertiary/aromatic N) is 2. The van der Waals surface area contributed by atoms with Crippen molar-refractivity contribution in [1.82, 2.24) is 14.9 Å². The highest BCUT2D eigenvalue weighted by atomic mass is 35.5. The largest absolute Gasteiger partial charge is 0.488 e. The molecule has 1 aromatic rings. The van der Waals surface area contributed by atoms with Crippen molar-refractivity contribution in [1.29, 1.82) is 0 Å². The van der Waals surface area contributed by atoms with Crippen LogP contribution in [0.2, 0.25) is 0 Å². The molecule has 0 aromatic heterocycles. The molecule has 2 rings (SSSR count). The van der Waals surface area contributed by atoms with E-state index in [1.54, 1.807) is 0 Å². The Morgan fingerprint density at radius 1 is 1.35 bits per heavy atom. The van der Waals surface area contributed by atoms with Gasteiger partial charge in [-0.3, -0.25) is 15.0 Å². The summed E-state index contributed by atoms with van der Waals surface area (Å²) in [6.07, 6.45) is 0. The number of nitro benzene ring substituents is 1. The van der Waals surface area contributed by atoms with Crippen LogP contribution in [0.5, 0.6) is 5.75 Å². The zero-order valence-electron chi connectivity index (χ0n) is 13.9. The fraction of sp³-hybridized carbons (Fsp3) is 0.538. The van der Waals surface area contributed by atoms with E-state index in [-0.39, 0.29) is 31.4 Å². The van der Waals surface area contributed by atoms with Gasteiger partial charge in [0.25, 0.3) is 0 Å². The molecule has 0 bridgehead atoms. The molecular weight excluding hydrogens is 414 g/mol. The number of nitro groups is 1. The second-order valence-corrected chi connectivity index (χ2v) is 6.97. The van der Waals surface area contributed by atoms with E-state index < -0.39 is 37.1 Å². The lowest BCUT2D eigenvalue weighted by Crippen LogP contribution is -2.46. The minimum absolute atomic E-state index is 0. The van der Waals surface area contributed by atoms with Crippen molar-refractivity contribution in [3.8, 4) is 5.75 Å². The lowest BCUT2D eigenvalue weighted by molar-refractivity contribution is -0.386. The fourth-order valence-electron chi connectivity index (χ4n) is 2.40. The second-order valence-electron chi connectivity index (χ2n) is 5.20. The Hall–Kier alpha value is -1.24. The Labute approximate surface area is 163 Å². The molecule has 13 heteroatoms. The molecule has 1 fully saturated rings. The summed E-state index contributed by atoms with van der Waals surface area (Å²) in [5.41, 5.74) is -0.736. The van der Waals surface area contributed by atoms with Gasteiger partial charge in [0.05, 0.1) is 16.9 Å². The van der Waals surface area contributed by atoms with E-state index in [0.29, 0.717) is 12.6 Å². The molecule has 26 heavy (non-hydrogen) atoms. The third kappa shape index (κ3) is 6.18. The van der Waals surface area contributed by atoms with Gasteiger partial charge < -0.3 is 10.1 Å². The minimum atomic E-state index is -4.06. The van der Waals surface area contributed by atoms with Crippen LogP contribution in [0.3, 0.4) is 0 Å². The highest BCUT2D eigenvalue weighted by Crippen LogP contribution is 2.32. The van der Waals surface area contributed by atoms with E-state index in [9.17, 15) is 22.9 Å². The van der Waals surface area contributed by atoms with E-state index in [1.165, 1.54) is 0 Å². The van der Waals surface area contributed by atoms with E-state index in [1.807, 2.05) is 0 Å². The maximum absolute atomic E-state index is 13.9. The molecule has 150 valence electrons. The number of rotatable bonds is 7. The van der Waals surface area contributed by atoms with Gasteiger partial charge in [0, 0.05) is 45.3 Å². The van der Waals surface area contributed by atoms with Crippen LogP contribution < -0.4 is 14.8 Å². The summed E-state index contributed by atoms with van der Waals surface area (Å²) < 4.78 is 45.3. The molecule has 2 N–H and O–H groups in total. The molecule has 1 aromatic carbocycles. The summed E-state index contributed by atoms with van der Waals surface area (Å²) >= 11 is 0. The monoisotopic (exact) mass is 434 g/mol. The van der Waals surface area contributed by atoms with E-state index in [4.69, 9.17) is 0 Å². The van der Waals surface area contributed by atoms with E-state index in [0.717, 1.165) is 39.4 Å². The van der Waals surface area contributed by atoms with Crippen LogP contribution in [0.1, 0.15) is 0 Å². The third-order valence-corrected chi connectivity index (χ3v) is 5.08. The molecule has 1 heterocycles. The first-order valence-electron chi connectivity index (χ1n) is 7.30. The van der Waals surface area contributed by atoms with Gasteiger partial charge in [-0.1, -0.05) is 0 Å². The summed E-state index contributed by atoms with van der Waals surface area (Å²) in [5.74, 6) is -1.70. The topological polar surface area (TPSA) is 114 Å². The average molecular weight is 435 g/mol. The van der Waals surface area contributed by atoms with Crippen molar-refractivity contribution in [3.63, 3.8) is 0 Å². The normalized spacial score (nSPS) is 14.8. The first-order chi connectivity index (χ1) is 11.3. The van der Waals surface area contributed by atoms with Gasteiger partial charge in [-0.2, -0.15) is 0 Å². The van der Waals surface area contributed by atoms with Crippen molar-refractivity contribution < 1.29 is 22.5 Å². The summed E-state index contributed by atoms with van der Waals surface area (Å²) in [6, 6.07) is 1.49. The minimum Gasteiger partial charge on any atom is -0.488 e. The molecule has 0 aliphatic carbocycles. The van der Waals surface area contributed by atoms with Crippen molar-refractivity contribution >= 4 is 40.5 Å². The van der Waals surface area contributed by atoms with Gasteiger partial charge in [-0.25, -0.2) is 17.5 Å². The van der Waals surface area contributed by atoms with Crippen LogP contribution in [0.4, 0.5) is 10.1 Å². The maximum Gasteiger partial charge on any atom is 0.315 e. The molecule has 1 aliphatic heterocycles. The first-order valence-corrected chi connectivity index (χ1v) is 8.78.